The van der Waals surface area contributed by atoms with Crippen molar-refractivity contribution in [1.82, 2.24) is 10.2 Å². The van der Waals surface area contributed by atoms with Crippen LogP contribution in [0.3, 0.4) is 0 Å². The van der Waals surface area contributed by atoms with E-state index in [1.807, 2.05) is 40.9 Å². The van der Waals surface area contributed by atoms with Gasteiger partial charge in [-0.3, -0.25) is 9.59 Å². The summed E-state index contributed by atoms with van der Waals surface area (Å²) in [5, 5.41) is 3.05. The van der Waals surface area contributed by atoms with Gasteiger partial charge in [0.2, 0.25) is 5.91 Å². The summed E-state index contributed by atoms with van der Waals surface area (Å²) in [6.07, 6.45) is 4.38. The Morgan fingerprint density at radius 3 is 2.85 bits per heavy atom. The molecule has 1 N–H and O–H groups in total. The molecule has 1 aromatic rings. The molecular formula is C20H26N2O3S. The molecule has 0 bridgehead atoms. The Kier molecular flexibility index (Phi) is 5.23. The largest absolute Gasteiger partial charge is 0.376 e. The number of carbonyl (C=O) groups is 2. The van der Waals surface area contributed by atoms with Gasteiger partial charge in [-0.15, -0.1) is 0 Å². The number of fused-ring (bicyclic) bond motifs is 1. The summed E-state index contributed by atoms with van der Waals surface area (Å²) in [6, 6.07) is 7.82. The van der Waals surface area contributed by atoms with Crippen LogP contribution in [0.2, 0.25) is 0 Å². The monoisotopic (exact) mass is 374 g/mol. The van der Waals surface area contributed by atoms with E-state index in [4.69, 9.17) is 4.74 Å². The van der Waals surface area contributed by atoms with Gasteiger partial charge in [-0.2, -0.15) is 11.8 Å². The van der Waals surface area contributed by atoms with Gasteiger partial charge in [-0.05, 0) is 48.8 Å². The van der Waals surface area contributed by atoms with Gasteiger partial charge >= 0.3 is 0 Å². The van der Waals surface area contributed by atoms with E-state index in [0.29, 0.717) is 19.5 Å². The van der Waals surface area contributed by atoms with E-state index in [1.165, 1.54) is 0 Å². The van der Waals surface area contributed by atoms with Crippen molar-refractivity contribution in [2.24, 2.45) is 0 Å². The molecule has 0 spiro atoms. The van der Waals surface area contributed by atoms with E-state index in [-0.39, 0.29) is 23.5 Å². The van der Waals surface area contributed by atoms with Gasteiger partial charge in [0.25, 0.3) is 5.91 Å². The minimum absolute atomic E-state index is 0.0381. The van der Waals surface area contributed by atoms with Crippen LogP contribution < -0.4 is 5.32 Å². The number of nitrogens with zero attached hydrogens (tertiary/aromatic N) is 1. The quantitative estimate of drug-likeness (QED) is 0.861. The number of ether oxygens (including phenoxy) is 1. The van der Waals surface area contributed by atoms with E-state index in [0.717, 1.165) is 54.9 Å². The normalized spacial score (nSPS) is 24.5. The maximum atomic E-state index is 13.0. The minimum Gasteiger partial charge on any atom is -0.376 e. The molecule has 0 aromatic heterocycles. The average Bonchev–Trinajstić information content (AvgIpc) is 3.29. The molecule has 0 aliphatic carbocycles. The first kappa shape index (κ1) is 17.9. The van der Waals surface area contributed by atoms with E-state index in [1.54, 1.807) is 0 Å². The third-order valence-electron chi connectivity index (χ3n) is 5.86. The predicted octanol–water partition coefficient (Wildman–Crippen LogP) is 2.59. The van der Waals surface area contributed by atoms with Crippen molar-refractivity contribution in [2.75, 3.05) is 24.7 Å². The van der Waals surface area contributed by atoms with E-state index in [9.17, 15) is 9.59 Å². The van der Waals surface area contributed by atoms with Crippen LogP contribution in [0.5, 0.6) is 0 Å². The van der Waals surface area contributed by atoms with Crippen molar-refractivity contribution in [3.63, 3.8) is 0 Å². The Morgan fingerprint density at radius 1 is 1.31 bits per heavy atom. The lowest BCUT2D eigenvalue weighted by molar-refractivity contribution is -0.124. The van der Waals surface area contributed by atoms with Crippen LogP contribution in [0.4, 0.5) is 0 Å². The zero-order valence-electron chi connectivity index (χ0n) is 15.0. The first-order valence-electron chi connectivity index (χ1n) is 9.54. The summed E-state index contributed by atoms with van der Waals surface area (Å²) >= 11 is 1.91. The molecule has 5 nitrogen and oxygen atoms in total. The third kappa shape index (κ3) is 3.49. The highest BCUT2D eigenvalue weighted by Crippen LogP contribution is 2.40. The first-order valence-corrected chi connectivity index (χ1v) is 10.7. The fourth-order valence-electron chi connectivity index (χ4n) is 4.33. The highest BCUT2D eigenvalue weighted by atomic mass is 32.2. The van der Waals surface area contributed by atoms with Gasteiger partial charge in [0.05, 0.1) is 11.6 Å². The number of carbonyl (C=O) groups excluding carboxylic acids is 2. The first-order chi connectivity index (χ1) is 12.7. The molecule has 2 amide bonds. The molecule has 3 aliphatic heterocycles. The van der Waals surface area contributed by atoms with E-state index >= 15 is 0 Å². The van der Waals surface area contributed by atoms with Crippen LogP contribution in [0.25, 0.3) is 0 Å². The highest BCUT2D eigenvalue weighted by molar-refractivity contribution is 7.99. The minimum atomic E-state index is -0.359. The van der Waals surface area contributed by atoms with Gasteiger partial charge < -0.3 is 15.0 Å². The van der Waals surface area contributed by atoms with Crippen LogP contribution in [-0.4, -0.2) is 53.0 Å². The van der Waals surface area contributed by atoms with Gasteiger partial charge in [-0.25, -0.2) is 0 Å². The molecule has 1 atom stereocenters. The Labute approximate surface area is 158 Å². The maximum Gasteiger partial charge on any atom is 0.254 e. The summed E-state index contributed by atoms with van der Waals surface area (Å²) in [6.45, 7) is 2.00. The summed E-state index contributed by atoms with van der Waals surface area (Å²) in [4.78, 5) is 27.7. The second-order valence-corrected chi connectivity index (χ2v) is 8.73. The summed E-state index contributed by atoms with van der Waals surface area (Å²) in [5.41, 5.74) is 1.52. The lowest BCUT2D eigenvalue weighted by Crippen LogP contribution is -2.54. The van der Waals surface area contributed by atoms with Crippen molar-refractivity contribution >= 4 is 23.6 Å². The van der Waals surface area contributed by atoms with Gasteiger partial charge in [0.1, 0.15) is 0 Å². The second-order valence-electron chi connectivity index (χ2n) is 7.50. The zero-order chi connectivity index (χ0) is 18.0. The van der Waals surface area contributed by atoms with Crippen molar-refractivity contribution < 1.29 is 14.3 Å². The van der Waals surface area contributed by atoms with Crippen molar-refractivity contribution in [3.8, 4) is 0 Å². The molecule has 140 valence electrons. The van der Waals surface area contributed by atoms with Crippen LogP contribution in [0.15, 0.2) is 24.3 Å². The van der Waals surface area contributed by atoms with E-state index < -0.39 is 0 Å². The SMILES string of the molecule is O=C(CC1(N2Cc3ccccc3C2=O)CCSCC1)NCC1CCCO1. The number of hydrogen-bond donors (Lipinski definition) is 1. The number of thioether (sulfide) groups is 1. The summed E-state index contributed by atoms with van der Waals surface area (Å²) in [5.74, 6) is 2.12. The maximum absolute atomic E-state index is 13.0. The van der Waals surface area contributed by atoms with Gasteiger partial charge in [-0.1, -0.05) is 18.2 Å². The molecule has 4 rings (SSSR count). The standard InChI is InChI=1S/C20H26N2O3S/c23-18(21-13-16-5-3-9-25-16)12-20(7-10-26-11-8-20)22-14-15-4-1-2-6-17(15)19(22)24/h1-2,4,6,16H,3,5,7-14H2,(H,21,23). The lowest BCUT2D eigenvalue weighted by Gasteiger charge is -2.44. The molecule has 6 heteroatoms. The number of amides is 2. The molecule has 1 unspecified atom stereocenters. The Hall–Kier alpha value is -1.53. The molecule has 2 fully saturated rings. The fourth-order valence-corrected chi connectivity index (χ4v) is 5.58. The van der Waals surface area contributed by atoms with E-state index in [2.05, 4.69) is 5.32 Å². The smallest absolute Gasteiger partial charge is 0.254 e. The summed E-state index contributed by atoms with van der Waals surface area (Å²) in [7, 11) is 0. The van der Waals surface area contributed by atoms with Crippen LogP contribution in [0.1, 0.15) is 48.0 Å². The third-order valence-corrected chi connectivity index (χ3v) is 6.84. The number of rotatable bonds is 5. The average molecular weight is 375 g/mol. The van der Waals surface area contributed by atoms with Crippen molar-refractivity contribution in [3.05, 3.63) is 35.4 Å². The summed E-state index contributed by atoms with van der Waals surface area (Å²) < 4.78 is 5.60. The molecular weight excluding hydrogens is 348 g/mol. The molecule has 0 radical (unpaired) electrons. The second kappa shape index (κ2) is 7.61. The highest BCUT2D eigenvalue weighted by Gasteiger charge is 2.45. The number of nitrogens with one attached hydrogen (secondary N) is 1. The number of benzene rings is 1. The van der Waals surface area contributed by atoms with Crippen LogP contribution >= 0.6 is 11.8 Å². The Morgan fingerprint density at radius 2 is 2.12 bits per heavy atom. The van der Waals surface area contributed by atoms with Crippen molar-refractivity contribution in [2.45, 2.75) is 50.3 Å². The fraction of sp³-hybridized carbons (Fsp3) is 0.600. The predicted molar refractivity (Wildman–Crippen MR) is 102 cm³/mol. The zero-order valence-corrected chi connectivity index (χ0v) is 15.9. The molecule has 3 aliphatic rings. The van der Waals surface area contributed by atoms with Gasteiger partial charge in [0.15, 0.2) is 0 Å². The number of hydrogen-bond acceptors (Lipinski definition) is 4. The topological polar surface area (TPSA) is 58.6 Å². The van der Waals surface area contributed by atoms with Crippen molar-refractivity contribution in [1.29, 1.82) is 0 Å². The molecule has 1 aromatic carbocycles. The van der Waals surface area contributed by atoms with Crippen LogP contribution in [0, 0.1) is 0 Å². The molecule has 2 saturated heterocycles. The Balaban J connectivity index is 1.47. The van der Waals surface area contributed by atoms with Crippen LogP contribution in [-0.2, 0) is 16.1 Å². The molecule has 0 saturated carbocycles. The lowest BCUT2D eigenvalue weighted by atomic mass is 9.86. The molecule has 3 heterocycles. The van der Waals surface area contributed by atoms with Gasteiger partial charge in [0, 0.05) is 31.7 Å². The Bertz CT molecular complexity index is 681. The molecule has 26 heavy (non-hydrogen) atoms.